The van der Waals surface area contributed by atoms with E-state index < -0.39 is 10.0 Å². The van der Waals surface area contributed by atoms with Gasteiger partial charge in [0, 0.05) is 18.0 Å². The highest BCUT2D eigenvalue weighted by Crippen LogP contribution is 2.27. The number of Topliss-reactive ketones (excluding diaryl/α,β-unsaturated/α-hetero) is 1. The summed E-state index contributed by atoms with van der Waals surface area (Å²) in [6, 6.07) is 12.3. The average molecular weight is 386 g/mol. The number of benzene rings is 2. The molecule has 0 unspecified atom stereocenters. The van der Waals surface area contributed by atoms with Gasteiger partial charge in [-0.05, 0) is 30.7 Å². The van der Waals surface area contributed by atoms with Crippen LogP contribution in [-0.4, -0.2) is 36.8 Å². The molecule has 3 aromatic rings. The van der Waals surface area contributed by atoms with Crippen molar-refractivity contribution < 1.29 is 13.2 Å². The Bertz CT molecular complexity index is 1100. The van der Waals surface area contributed by atoms with Crippen molar-refractivity contribution in [3.05, 3.63) is 59.3 Å². The fourth-order valence-corrected chi connectivity index (χ4v) is 3.94. The van der Waals surface area contributed by atoms with Gasteiger partial charge >= 0.3 is 0 Å². The Labute approximate surface area is 158 Å². The third-order valence-corrected chi connectivity index (χ3v) is 5.63. The number of rotatable bonds is 6. The van der Waals surface area contributed by atoms with E-state index in [4.69, 9.17) is 5.73 Å². The third kappa shape index (κ3) is 3.86. The SMILES string of the molecule is Cc1nn(C)c2ccc(N(Cc3ccc(C(=O)CN)cc3)S(C)(=O)=O)cc12. The summed E-state index contributed by atoms with van der Waals surface area (Å²) in [5.41, 5.74) is 9.01. The maximum atomic E-state index is 12.4. The van der Waals surface area contributed by atoms with Crippen LogP contribution in [0.3, 0.4) is 0 Å². The second-order valence-corrected chi connectivity index (χ2v) is 8.41. The van der Waals surface area contributed by atoms with E-state index in [-0.39, 0.29) is 18.9 Å². The van der Waals surface area contributed by atoms with Gasteiger partial charge in [0.25, 0.3) is 0 Å². The van der Waals surface area contributed by atoms with Crippen molar-refractivity contribution in [3.63, 3.8) is 0 Å². The molecule has 0 aliphatic heterocycles. The summed E-state index contributed by atoms with van der Waals surface area (Å²) >= 11 is 0. The first-order valence-electron chi connectivity index (χ1n) is 8.44. The fraction of sp³-hybridized carbons (Fsp3) is 0.263. The topological polar surface area (TPSA) is 98.3 Å². The van der Waals surface area contributed by atoms with Crippen LogP contribution >= 0.6 is 0 Å². The van der Waals surface area contributed by atoms with Crippen LogP contribution in [0.5, 0.6) is 0 Å². The van der Waals surface area contributed by atoms with Crippen LogP contribution in [0.4, 0.5) is 5.69 Å². The molecule has 7 nitrogen and oxygen atoms in total. The summed E-state index contributed by atoms with van der Waals surface area (Å²) in [5.74, 6) is -0.154. The van der Waals surface area contributed by atoms with Gasteiger partial charge in [-0.1, -0.05) is 24.3 Å². The molecule has 27 heavy (non-hydrogen) atoms. The molecule has 0 spiro atoms. The van der Waals surface area contributed by atoms with Gasteiger partial charge in [-0.25, -0.2) is 8.42 Å². The summed E-state index contributed by atoms with van der Waals surface area (Å²) in [7, 11) is -1.65. The van der Waals surface area contributed by atoms with E-state index in [2.05, 4.69) is 5.10 Å². The number of anilines is 1. The molecule has 2 N–H and O–H groups in total. The predicted octanol–water partition coefficient (Wildman–Crippen LogP) is 1.99. The van der Waals surface area contributed by atoms with Crippen molar-refractivity contribution in [2.75, 3.05) is 17.1 Å². The van der Waals surface area contributed by atoms with Crippen LogP contribution in [0, 0.1) is 6.92 Å². The molecule has 1 aromatic heterocycles. The summed E-state index contributed by atoms with van der Waals surface area (Å²) < 4.78 is 28.0. The third-order valence-electron chi connectivity index (χ3n) is 4.49. The largest absolute Gasteiger partial charge is 0.324 e. The lowest BCUT2D eigenvalue weighted by Gasteiger charge is -2.23. The highest BCUT2D eigenvalue weighted by molar-refractivity contribution is 7.92. The molecular formula is C19H22N4O3S. The van der Waals surface area contributed by atoms with Crippen LogP contribution < -0.4 is 10.0 Å². The Morgan fingerprint density at radius 2 is 1.85 bits per heavy atom. The molecule has 142 valence electrons. The molecule has 0 saturated carbocycles. The number of aromatic nitrogens is 2. The number of carbonyl (C=O) groups excluding carboxylic acids is 1. The van der Waals surface area contributed by atoms with E-state index in [0.29, 0.717) is 11.3 Å². The van der Waals surface area contributed by atoms with Gasteiger partial charge in [0.2, 0.25) is 10.0 Å². The van der Waals surface area contributed by atoms with Gasteiger partial charge in [-0.2, -0.15) is 5.10 Å². The molecule has 0 fully saturated rings. The van der Waals surface area contributed by atoms with Crippen molar-refractivity contribution in [2.45, 2.75) is 13.5 Å². The van der Waals surface area contributed by atoms with Crippen LogP contribution in [-0.2, 0) is 23.6 Å². The van der Waals surface area contributed by atoms with Crippen LogP contribution in [0.2, 0.25) is 0 Å². The zero-order valence-electron chi connectivity index (χ0n) is 15.5. The monoisotopic (exact) mass is 386 g/mol. The van der Waals surface area contributed by atoms with Gasteiger partial charge in [0.1, 0.15) is 0 Å². The number of carbonyl (C=O) groups is 1. The number of aryl methyl sites for hydroxylation is 2. The number of sulfonamides is 1. The highest BCUT2D eigenvalue weighted by atomic mass is 32.2. The van der Waals surface area contributed by atoms with E-state index in [9.17, 15) is 13.2 Å². The minimum Gasteiger partial charge on any atom is -0.324 e. The average Bonchev–Trinajstić information content (AvgIpc) is 2.92. The summed E-state index contributed by atoms with van der Waals surface area (Å²) in [6.07, 6.45) is 1.18. The van der Waals surface area contributed by atoms with Crippen LogP contribution in [0.1, 0.15) is 21.6 Å². The number of fused-ring (bicyclic) bond motifs is 1. The van der Waals surface area contributed by atoms with Gasteiger partial charge in [0.15, 0.2) is 5.78 Å². The second kappa shape index (κ2) is 7.13. The molecule has 2 aromatic carbocycles. The van der Waals surface area contributed by atoms with E-state index in [1.54, 1.807) is 35.0 Å². The molecule has 8 heteroatoms. The summed E-state index contributed by atoms with van der Waals surface area (Å²) in [6.45, 7) is 2.00. The highest BCUT2D eigenvalue weighted by Gasteiger charge is 2.19. The normalized spacial score (nSPS) is 11.7. The van der Waals surface area contributed by atoms with E-state index in [1.807, 2.05) is 26.1 Å². The first-order valence-corrected chi connectivity index (χ1v) is 10.3. The number of hydrogen-bond donors (Lipinski definition) is 1. The lowest BCUT2D eigenvalue weighted by atomic mass is 10.1. The maximum absolute atomic E-state index is 12.4. The van der Waals surface area contributed by atoms with Crippen molar-refractivity contribution in [3.8, 4) is 0 Å². The molecule has 0 radical (unpaired) electrons. The predicted molar refractivity (Wildman–Crippen MR) is 106 cm³/mol. The first kappa shape index (κ1) is 19.1. The quantitative estimate of drug-likeness (QED) is 0.653. The lowest BCUT2D eigenvalue weighted by Crippen LogP contribution is -2.29. The van der Waals surface area contributed by atoms with E-state index >= 15 is 0 Å². The number of nitrogens with two attached hydrogens (primary N) is 1. The molecule has 1 heterocycles. The Balaban J connectivity index is 1.98. The number of hydrogen-bond acceptors (Lipinski definition) is 5. The van der Waals surface area contributed by atoms with Gasteiger partial charge in [0.05, 0.1) is 36.2 Å². The fourth-order valence-electron chi connectivity index (χ4n) is 3.06. The minimum absolute atomic E-state index is 0.0563. The molecule has 0 amide bonds. The van der Waals surface area contributed by atoms with Crippen molar-refractivity contribution in [1.82, 2.24) is 9.78 Å². The summed E-state index contributed by atoms with van der Waals surface area (Å²) in [4.78, 5) is 11.6. The van der Waals surface area contributed by atoms with Gasteiger partial charge in [-0.15, -0.1) is 0 Å². The zero-order valence-corrected chi connectivity index (χ0v) is 16.3. The maximum Gasteiger partial charge on any atom is 0.232 e. The van der Waals surface area contributed by atoms with Crippen molar-refractivity contribution in [2.24, 2.45) is 12.8 Å². The molecule has 3 rings (SSSR count). The molecule has 0 saturated heterocycles. The van der Waals surface area contributed by atoms with Crippen molar-refractivity contribution in [1.29, 1.82) is 0 Å². The smallest absolute Gasteiger partial charge is 0.232 e. The lowest BCUT2D eigenvalue weighted by molar-refractivity contribution is 0.100. The Hall–Kier alpha value is -2.71. The van der Waals surface area contributed by atoms with E-state index in [1.165, 1.54) is 10.6 Å². The van der Waals surface area contributed by atoms with E-state index in [0.717, 1.165) is 22.2 Å². The molecular weight excluding hydrogens is 364 g/mol. The van der Waals surface area contributed by atoms with Crippen LogP contribution in [0.25, 0.3) is 10.9 Å². The number of ketones is 1. The zero-order chi connectivity index (χ0) is 19.8. The van der Waals surface area contributed by atoms with Crippen molar-refractivity contribution >= 4 is 32.4 Å². The first-order chi connectivity index (χ1) is 12.7. The number of nitrogens with zero attached hydrogens (tertiary/aromatic N) is 3. The minimum atomic E-state index is -3.50. The Morgan fingerprint density at radius 3 is 2.44 bits per heavy atom. The standard InChI is InChI=1S/C19H22N4O3S/c1-13-17-10-16(8-9-18(17)22(2)21-13)23(27(3,25)26)12-14-4-6-15(7-5-14)19(24)11-20/h4-10H,11-12,20H2,1-3H3. The Morgan fingerprint density at radius 1 is 1.19 bits per heavy atom. The van der Waals surface area contributed by atoms with Crippen LogP contribution in [0.15, 0.2) is 42.5 Å². The Kier molecular flexibility index (Phi) is 5.03. The molecule has 0 bridgehead atoms. The molecule has 0 aliphatic carbocycles. The molecule has 0 atom stereocenters. The summed E-state index contributed by atoms with van der Waals surface area (Å²) in [5, 5.41) is 5.29. The second-order valence-electron chi connectivity index (χ2n) is 6.50. The molecule has 0 aliphatic rings. The van der Waals surface area contributed by atoms with Gasteiger partial charge < -0.3 is 5.73 Å². The van der Waals surface area contributed by atoms with Gasteiger partial charge in [-0.3, -0.25) is 13.8 Å².